The summed E-state index contributed by atoms with van der Waals surface area (Å²) in [4.78, 5) is 6.45. The highest BCUT2D eigenvalue weighted by Gasteiger charge is 2.26. The summed E-state index contributed by atoms with van der Waals surface area (Å²) in [6, 6.07) is 12.7. The van der Waals surface area contributed by atoms with Crippen LogP contribution in [0.4, 0.5) is 13.2 Å². The number of hydrogen-bond donors (Lipinski definition) is 1. The van der Waals surface area contributed by atoms with Crippen LogP contribution in [0.1, 0.15) is 48.9 Å². The number of piperidine rings is 1. The lowest BCUT2D eigenvalue weighted by atomic mass is 9.95. The number of hydrogen-bond acceptors (Lipinski definition) is 1. The van der Waals surface area contributed by atoms with Crippen LogP contribution in [0.25, 0.3) is 0 Å². The zero-order valence-corrected chi connectivity index (χ0v) is 15.3. The van der Waals surface area contributed by atoms with Gasteiger partial charge in [0.05, 0.1) is 12.6 Å². The Morgan fingerprint density at radius 2 is 1.93 bits per heavy atom. The summed E-state index contributed by atoms with van der Waals surface area (Å²) in [7, 11) is 0. The molecule has 3 nitrogen and oxygen atoms in total. The minimum absolute atomic E-state index is 0.000593. The topological polar surface area (TPSA) is 41.6 Å². The first-order valence-electron chi connectivity index (χ1n) is 9.14. The lowest BCUT2D eigenvalue weighted by Gasteiger charge is -2.37. The van der Waals surface area contributed by atoms with Crippen LogP contribution in [0.2, 0.25) is 0 Å². The zero-order chi connectivity index (χ0) is 19.4. The lowest BCUT2D eigenvalue weighted by molar-refractivity contribution is 0.0174. The van der Waals surface area contributed by atoms with Crippen molar-refractivity contribution in [2.75, 3.05) is 6.54 Å². The normalized spacial score (nSPS) is 18.6. The van der Waals surface area contributed by atoms with Crippen molar-refractivity contribution in [1.29, 1.82) is 0 Å². The van der Waals surface area contributed by atoms with Crippen LogP contribution in [-0.2, 0) is 12.5 Å². The Hall–Kier alpha value is -2.50. The second kappa shape index (κ2) is 8.03. The number of rotatable bonds is 4. The SMILES string of the molecule is CC(F)(F)c1ccc(CN=C(N)N2CCCCC2c2cccc(F)c2)cc1. The Labute approximate surface area is 157 Å². The van der Waals surface area contributed by atoms with Crippen molar-refractivity contribution in [3.05, 3.63) is 71.0 Å². The molecule has 0 radical (unpaired) electrons. The maximum absolute atomic E-state index is 13.6. The fraction of sp³-hybridized carbons (Fsp3) is 0.381. The van der Waals surface area contributed by atoms with Gasteiger partial charge in [0, 0.05) is 19.0 Å². The van der Waals surface area contributed by atoms with Crippen molar-refractivity contribution in [2.24, 2.45) is 10.7 Å². The third-order valence-corrected chi connectivity index (χ3v) is 4.91. The number of aliphatic imine (C=N–C) groups is 1. The quantitative estimate of drug-likeness (QED) is 0.605. The van der Waals surface area contributed by atoms with Gasteiger partial charge in [-0.3, -0.25) is 0 Å². The Kier molecular flexibility index (Phi) is 5.73. The fourth-order valence-corrected chi connectivity index (χ4v) is 3.43. The van der Waals surface area contributed by atoms with Gasteiger partial charge in [-0.05, 0) is 42.5 Å². The van der Waals surface area contributed by atoms with E-state index < -0.39 is 5.92 Å². The number of alkyl halides is 2. The molecular weight excluding hydrogens is 351 g/mol. The van der Waals surface area contributed by atoms with Crippen LogP contribution in [0.15, 0.2) is 53.5 Å². The predicted molar refractivity (Wildman–Crippen MR) is 101 cm³/mol. The number of halogens is 3. The van der Waals surface area contributed by atoms with E-state index in [2.05, 4.69) is 4.99 Å². The average Bonchev–Trinajstić information content (AvgIpc) is 2.66. The van der Waals surface area contributed by atoms with E-state index in [1.807, 2.05) is 11.0 Å². The largest absolute Gasteiger partial charge is 0.370 e. The van der Waals surface area contributed by atoms with Gasteiger partial charge in [-0.2, -0.15) is 0 Å². The molecule has 0 amide bonds. The van der Waals surface area contributed by atoms with Gasteiger partial charge in [-0.25, -0.2) is 18.2 Å². The molecule has 1 atom stereocenters. The van der Waals surface area contributed by atoms with Crippen molar-refractivity contribution in [2.45, 2.75) is 44.7 Å². The molecule has 0 aromatic heterocycles. The third-order valence-electron chi connectivity index (χ3n) is 4.91. The molecule has 0 bridgehead atoms. The molecule has 3 rings (SSSR count). The first kappa shape index (κ1) is 19.3. The van der Waals surface area contributed by atoms with Crippen LogP contribution in [0, 0.1) is 5.82 Å². The van der Waals surface area contributed by atoms with E-state index in [9.17, 15) is 13.2 Å². The number of benzene rings is 2. The fourth-order valence-electron chi connectivity index (χ4n) is 3.43. The predicted octanol–water partition coefficient (Wildman–Crippen LogP) is 4.98. The summed E-state index contributed by atoms with van der Waals surface area (Å²) in [6.45, 7) is 1.95. The van der Waals surface area contributed by atoms with E-state index in [-0.39, 0.29) is 17.4 Å². The molecule has 2 aromatic carbocycles. The molecule has 0 aliphatic carbocycles. The summed E-state index contributed by atoms with van der Waals surface area (Å²) >= 11 is 0. The third kappa shape index (κ3) is 4.81. The highest BCUT2D eigenvalue weighted by molar-refractivity contribution is 5.78. The first-order chi connectivity index (χ1) is 12.8. The van der Waals surface area contributed by atoms with Gasteiger partial charge < -0.3 is 10.6 Å². The van der Waals surface area contributed by atoms with Gasteiger partial charge in [0.25, 0.3) is 5.92 Å². The number of nitrogens with zero attached hydrogens (tertiary/aromatic N) is 2. The average molecular weight is 375 g/mol. The molecule has 1 aliphatic rings. The van der Waals surface area contributed by atoms with E-state index in [1.54, 1.807) is 24.3 Å². The summed E-state index contributed by atoms with van der Waals surface area (Å²) in [5.74, 6) is -2.72. The summed E-state index contributed by atoms with van der Waals surface area (Å²) in [5.41, 5.74) is 7.90. The molecule has 0 spiro atoms. The van der Waals surface area contributed by atoms with Gasteiger partial charge in [0.1, 0.15) is 5.82 Å². The minimum atomic E-state index is -2.85. The molecule has 6 heteroatoms. The van der Waals surface area contributed by atoms with E-state index >= 15 is 0 Å². The zero-order valence-electron chi connectivity index (χ0n) is 15.3. The van der Waals surface area contributed by atoms with Crippen molar-refractivity contribution in [3.63, 3.8) is 0 Å². The van der Waals surface area contributed by atoms with Gasteiger partial charge in [0.2, 0.25) is 0 Å². The molecule has 2 aromatic rings. The summed E-state index contributed by atoms with van der Waals surface area (Å²) in [6.07, 6.45) is 2.94. The smallest absolute Gasteiger partial charge is 0.270 e. The summed E-state index contributed by atoms with van der Waals surface area (Å²) < 4.78 is 40.2. The van der Waals surface area contributed by atoms with E-state index in [4.69, 9.17) is 5.73 Å². The van der Waals surface area contributed by atoms with E-state index in [1.165, 1.54) is 18.2 Å². The van der Waals surface area contributed by atoms with Crippen molar-refractivity contribution in [1.82, 2.24) is 4.90 Å². The van der Waals surface area contributed by atoms with Gasteiger partial charge >= 0.3 is 0 Å². The number of guanidine groups is 1. The highest BCUT2D eigenvalue weighted by Crippen LogP contribution is 2.31. The van der Waals surface area contributed by atoms with Crippen molar-refractivity contribution < 1.29 is 13.2 Å². The molecule has 27 heavy (non-hydrogen) atoms. The van der Waals surface area contributed by atoms with Crippen LogP contribution >= 0.6 is 0 Å². The first-order valence-corrected chi connectivity index (χ1v) is 9.14. The molecule has 2 N–H and O–H groups in total. The molecule has 1 aliphatic heterocycles. The van der Waals surface area contributed by atoms with E-state index in [0.717, 1.165) is 43.9 Å². The van der Waals surface area contributed by atoms with Gasteiger partial charge in [0.15, 0.2) is 5.96 Å². The number of nitrogens with two attached hydrogens (primary N) is 1. The van der Waals surface area contributed by atoms with Crippen molar-refractivity contribution in [3.8, 4) is 0 Å². The second-order valence-corrected chi connectivity index (χ2v) is 7.02. The molecule has 0 saturated carbocycles. The second-order valence-electron chi connectivity index (χ2n) is 7.02. The van der Waals surface area contributed by atoms with Crippen LogP contribution in [0.3, 0.4) is 0 Å². The molecule has 1 unspecified atom stereocenters. The van der Waals surface area contributed by atoms with Gasteiger partial charge in [-0.1, -0.05) is 36.4 Å². The number of likely N-dealkylation sites (tertiary alicyclic amines) is 1. The maximum atomic E-state index is 13.6. The lowest BCUT2D eigenvalue weighted by Crippen LogP contribution is -2.43. The minimum Gasteiger partial charge on any atom is -0.370 e. The van der Waals surface area contributed by atoms with Crippen molar-refractivity contribution >= 4 is 5.96 Å². The summed E-state index contributed by atoms with van der Waals surface area (Å²) in [5, 5.41) is 0. The van der Waals surface area contributed by atoms with Crippen LogP contribution in [-0.4, -0.2) is 17.4 Å². The Bertz CT molecular complexity index is 797. The standard InChI is InChI=1S/C21H24F3N3/c1-21(23,24)17-10-8-15(9-11-17)14-26-20(25)27-12-3-2-7-19(27)16-5-4-6-18(22)13-16/h4-6,8-11,13,19H,2-3,7,12,14H2,1H3,(H2,25,26). The molecule has 1 saturated heterocycles. The van der Waals surface area contributed by atoms with Gasteiger partial charge in [-0.15, -0.1) is 0 Å². The molecule has 144 valence electrons. The Balaban J connectivity index is 1.73. The maximum Gasteiger partial charge on any atom is 0.270 e. The highest BCUT2D eigenvalue weighted by atomic mass is 19.3. The molecule has 1 fully saturated rings. The molecular formula is C21H24F3N3. The molecule has 1 heterocycles. The van der Waals surface area contributed by atoms with Crippen LogP contribution in [0.5, 0.6) is 0 Å². The Morgan fingerprint density at radius 1 is 1.19 bits per heavy atom. The van der Waals surface area contributed by atoms with E-state index in [0.29, 0.717) is 12.5 Å². The van der Waals surface area contributed by atoms with Crippen LogP contribution < -0.4 is 5.73 Å². The monoisotopic (exact) mass is 375 g/mol. The Morgan fingerprint density at radius 3 is 2.59 bits per heavy atom.